The number of amides is 2. The van der Waals surface area contributed by atoms with Gasteiger partial charge in [0.25, 0.3) is 5.91 Å². The molecule has 1 aromatic heterocycles. The number of ether oxygens (including phenoxy) is 1. The molecule has 6 nitrogen and oxygen atoms in total. The topological polar surface area (TPSA) is 62.7 Å². The van der Waals surface area contributed by atoms with Gasteiger partial charge in [-0.15, -0.1) is 0 Å². The van der Waals surface area contributed by atoms with Crippen molar-refractivity contribution < 1.29 is 14.3 Å². The van der Waals surface area contributed by atoms with Crippen molar-refractivity contribution >= 4 is 27.9 Å². The van der Waals surface area contributed by atoms with Gasteiger partial charge in [-0.3, -0.25) is 4.79 Å². The highest BCUT2D eigenvalue weighted by Crippen LogP contribution is 2.37. The molecule has 2 aromatic carbocycles. The second-order valence-corrected chi connectivity index (χ2v) is 12.2. The van der Waals surface area contributed by atoms with Gasteiger partial charge in [0, 0.05) is 30.6 Å². The highest BCUT2D eigenvalue weighted by atomic mass is 79.9. The third kappa shape index (κ3) is 7.47. The van der Waals surface area contributed by atoms with Crippen molar-refractivity contribution in [3.05, 3.63) is 99.8 Å². The molecule has 0 spiro atoms. The first-order chi connectivity index (χ1) is 18.5. The van der Waals surface area contributed by atoms with Gasteiger partial charge in [-0.2, -0.15) is 0 Å². The predicted octanol–water partition coefficient (Wildman–Crippen LogP) is 7.23. The first-order valence-electron chi connectivity index (χ1n) is 13.5. The highest BCUT2D eigenvalue weighted by molar-refractivity contribution is 9.10. The lowest BCUT2D eigenvalue weighted by atomic mass is 9.92. The van der Waals surface area contributed by atoms with Crippen LogP contribution in [0.5, 0.6) is 0 Å². The van der Waals surface area contributed by atoms with E-state index in [4.69, 9.17) is 4.74 Å². The molecule has 0 bridgehead atoms. The van der Waals surface area contributed by atoms with E-state index in [1.54, 1.807) is 11.9 Å². The van der Waals surface area contributed by atoms with Crippen LogP contribution in [-0.2, 0) is 17.7 Å². The van der Waals surface area contributed by atoms with E-state index in [0.29, 0.717) is 18.5 Å². The minimum absolute atomic E-state index is 0.0304. The Morgan fingerprint density at radius 2 is 1.72 bits per heavy atom. The molecule has 2 amide bonds. The summed E-state index contributed by atoms with van der Waals surface area (Å²) in [5, 5.41) is 0. The van der Waals surface area contributed by atoms with E-state index in [-0.39, 0.29) is 30.0 Å². The second kappa shape index (κ2) is 12.3. The monoisotopic (exact) mass is 591 g/mol. The lowest BCUT2D eigenvalue weighted by Gasteiger charge is -2.35. The summed E-state index contributed by atoms with van der Waals surface area (Å²) in [6.07, 6.45) is 2.28. The van der Waals surface area contributed by atoms with Crippen LogP contribution in [0.1, 0.15) is 73.6 Å². The molecule has 3 atom stereocenters. The van der Waals surface area contributed by atoms with Gasteiger partial charge in [0.15, 0.2) is 0 Å². The van der Waals surface area contributed by atoms with Crippen LogP contribution in [0, 0.1) is 0 Å². The number of pyridine rings is 1. The van der Waals surface area contributed by atoms with E-state index >= 15 is 0 Å². The van der Waals surface area contributed by atoms with Crippen molar-refractivity contribution in [3.8, 4) is 0 Å². The fourth-order valence-electron chi connectivity index (χ4n) is 5.31. The number of halogens is 1. The minimum Gasteiger partial charge on any atom is -0.444 e. The van der Waals surface area contributed by atoms with Crippen LogP contribution in [0.15, 0.2) is 77.4 Å². The van der Waals surface area contributed by atoms with Gasteiger partial charge in [0.2, 0.25) is 0 Å². The van der Waals surface area contributed by atoms with E-state index in [2.05, 4.69) is 40.0 Å². The first kappa shape index (κ1) is 28.8. The fourth-order valence-corrected chi connectivity index (χ4v) is 5.69. The van der Waals surface area contributed by atoms with Crippen molar-refractivity contribution in [2.24, 2.45) is 0 Å². The summed E-state index contributed by atoms with van der Waals surface area (Å²) >= 11 is 3.38. The Bertz CT molecular complexity index is 1270. The van der Waals surface area contributed by atoms with Crippen molar-refractivity contribution in [1.82, 2.24) is 14.8 Å². The maximum atomic E-state index is 13.4. The van der Waals surface area contributed by atoms with Crippen LogP contribution in [0.2, 0.25) is 0 Å². The van der Waals surface area contributed by atoms with E-state index in [9.17, 15) is 9.59 Å². The van der Waals surface area contributed by atoms with Crippen LogP contribution in [0.25, 0.3) is 0 Å². The molecule has 4 rings (SSSR count). The number of hydrogen-bond acceptors (Lipinski definition) is 4. The number of rotatable bonds is 7. The Morgan fingerprint density at radius 1 is 1.03 bits per heavy atom. The summed E-state index contributed by atoms with van der Waals surface area (Å²) in [6, 6.07) is 23.9. The standard InChI is InChI=1S/C32H38BrN3O3/c1-22(24-10-7-6-8-11-24)28-19-18-27(36(28)31(38)39-32(2,3)4)20-23-14-16-25(17-15-23)30(37)35(5)21-26-12-9-13-29(33)34-26/h6-17,22,27-28H,18-21H2,1-5H3/t22-,27?,28-/m1/s1. The molecule has 0 saturated carbocycles. The summed E-state index contributed by atoms with van der Waals surface area (Å²) in [6.45, 7) is 8.34. The van der Waals surface area contributed by atoms with Crippen LogP contribution in [-0.4, -0.2) is 51.5 Å². The Kier molecular flexibility index (Phi) is 9.11. The average molecular weight is 593 g/mol. The Balaban J connectivity index is 1.47. The van der Waals surface area contributed by atoms with Crippen molar-refractivity contribution in [1.29, 1.82) is 0 Å². The maximum Gasteiger partial charge on any atom is 0.410 e. The highest BCUT2D eigenvalue weighted by Gasteiger charge is 2.41. The van der Waals surface area contributed by atoms with Gasteiger partial charge in [0.05, 0.1) is 12.2 Å². The summed E-state index contributed by atoms with van der Waals surface area (Å²) in [5.41, 5.74) is 3.20. The summed E-state index contributed by atoms with van der Waals surface area (Å²) in [5.74, 6) is 0.135. The zero-order chi connectivity index (χ0) is 28.2. The molecule has 0 aliphatic carbocycles. The Hall–Kier alpha value is -3.19. The molecule has 7 heteroatoms. The third-order valence-electron chi connectivity index (χ3n) is 7.24. The number of carbonyl (C=O) groups excluding carboxylic acids is 2. The van der Waals surface area contributed by atoms with E-state index in [0.717, 1.165) is 28.7 Å². The van der Waals surface area contributed by atoms with E-state index in [1.165, 1.54) is 5.56 Å². The van der Waals surface area contributed by atoms with E-state index in [1.807, 2.05) is 86.3 Å². The number of aromatic nitrogens is 1. The molecule has 206 valence electrons. The zero-order valence-corrected chi connectivity index (χ0v) is 25.0. The van der Waals surface area contributed by atoms with Crippen LogP contribution in [0.4, 0.5) is 4.79 Å². The fraction of sp³-hybridized carbons (Fsp3) is 0.406. The number of likely N-dealkylation sites (tertiary alicyclic amines) is 1. The molecule has 1 aliphatic heterocycles. The minimum atomic E-state index is -0.565. The van der Waals surface area contributed by atoms with Gasteiger partial charge in [-0.05, 0) is 91.4 Å². The number of hydrogen-bond donors (Lipinski definition) is 0. The van der Waals surface area contributed by atoms with Crippen LogP contribution in [0.3, 0.4) is 0 Å². The van der Waals surface area contributed by atoms with E-state index < -0.39 is 5.60 Å². The zero-order valence-electron chi connectivity index (χ0n) is 23.4. The van der Waals surface area contributed by atoms with Crippen LogP contribution < -0.4 is 0 Å². The Morgan fingerprint density at radius 3 is 2.36 bits per heavy atom. The summed E-state index contributed by atoms with van der Waals surface area (Å²) < 4.78 is 6.62. The first-order valence-corrected chi connectivity index (χ1v) is 14.3. The molecule has 3 aromatic rings. The molecule has 2 heterocycles. The molecule has 1 saturated heterocycles. The number of nitrogens with zero attached hydrogens (tertiary/aromatic N) is 3. The summed E-state index contributed by atoms with van der Waals surface area (Å²) in [4.78, 5) is 34.5. The molecule has 1 fully saturated rings. The van der Waals surface area contributed by atoms with Gasteiger partial charge < -0.3 is 14.5 Å². The quantitative estimate of drug-likeness (QED) is 0.272. The molecule has 0 radical (unpaired) electrons. The molecular weight excluding hydrogens is 554 g/mol. The molecular formula is C32H38BrN3O3. The third-order valence-corrected chi connectivity index (χ3v) is 7.69. The van der Waals surface area contributed by atoms with Crippen LogP contribution >= 0.6 is 15.9 Å². The van der Waals surface area contributed by atoms with Gasteiger partial charge in [0.1, 0.15) is 10.2 Å². The summed E-state index contributed by atoms with van der Waals surface area (Å²) in [7, 11) is 1.78. The molecule has 1 unspecified atom stereocenters. The molecule has 1 aliphatic rings. The molecule has 0 N–H and O–H groups in total. The maximum absolute atomic E-state index is 13.4. The Labute approximate surface area is 240 Å². The van der Waals surface area contributed by atoms with Crippen molar-refractivity contribution in [2.45, 2.75) is 77.1 Å². The lowest BCUT2D eigenvalue weighted by molar-refractivity contribution is 0.0126. The van der Waals surface area contributed by atoms with Gasteiger partial charge in [-0.1, -0.05) is 55.5 Å². The number of benzene rings is 2. The SMILES string of the molecule is C[C@H](c1ccccc1)[C@H]1CCC(Cc2ccc(C(=O)N(C)Cc3cccc(Br)n3)cc2)N1C(=O)OC(C)(C)C. The smallest absolute Gasteiger partial charge is 0.410 e. The second-order valence-electron chi connectivity index (χ2n) is 11.4. The van der Waals surface area contributed by atoms with Gasteiger partial charge in [-0.25, -0.2) is 9.78 Å². The predicted molar refractivity (Wildman–Crippen MR) is 158 cm³/mol. The number of carbonyl (C=O) groups is 2. The lowest BCUT2D eigenvalue weighted by Crippen LogP contribution is -2.46. The van der Waals surface area contributed by atoms with Gasteiger partial charge >= 0.3 is 6.09 Å². The normalized spacial score (nSPS) is 18.1. The largest absolute Gasteiger partial charge is 0.444 e. The molecule has 39 heavy (non-hydrogen) atoms. The van der Waals surface area contributed by atoms with Crippen molar-refractivity contribution in [2.75, 3.05) is 7.05 Å². The average Bonchev–Trinajstić information content (AvgIpc) is 3.31. The van der Waals surface area contributed by atoms with Crippen molar-refractivity contribution in [3.63, 3.8) is 0 Å².